The maximum absolute atomic E-state index is 12.6. The zero-order valence-corrected chi connectivity index (χ0v) is 20.2. The van der Waals surface area contributed by atoms with E-state index in [-0.39, 0.29) is 18.6 Å². The Labute approximate surface area is 204 Å². The molecule has 1 aromatic carbocycles. The lowest BCUT2D eigenvalue weighted by atomic mass is 10.0. The van der Waals surface area contributed by atoms with Gasteiger partial charge in [-0.2, -0.15) is 0 Å². The van der Waals surface area contributed by atoms with Crippen LogP contribution in [0.4, 0.5) is 0 Å². The molecule has 3 aromatic rings. The second kappa shape index (κ2) is 11.9. The molecule has 7 nitrogen and oxygen atoms in total. The molecular formula is C26H31N5O2S. The third-order valence-electron chi connectivity index (χ3n) is 6.08. The topological polar surface area (TPSA) is 77.6 Å². The second-order valence-corrected chi connectivity index (χ2v) is 9.50. The maximum Gasteiger partial charge on any atom is 0.309 e. The van der Waals surface area contributed by atoms with E-state index in [1.54, 1.807) is 17.5 Å². The van der Waals surface area contributed by atoms with Crippen molar-refractivity contribution in [2.45, 2.75) is 32.1 Å². The summed E-state index contributed by atoms with van der Waals surface area (Å²) in [5, 5.41) is 7.65. The first-order chi connectivity index (χ1) is 16.6. The first kappa shape index (κ1) is 24.1. The lowest BCUT2D eigenvalue weighted by Gasteiger charge is -2.41. The Morgan fingerprint density at radius 1 is 0.971 bits per heavy atom. The predicted octanol–water partition coefficient (Wildman–Crippen LogP) is 2.82. The quantitative estimate of drug-likeness (QED) is 0.488. The number of hydrogen-bond donors (Lipinski definition) is 2. The molecule has 178 valence electrons. The summed E-state index contributed by atoms with van der Waals surface area (Å²) < 4.78 is 0. The number of carbonyl (C=O) groups is 2. The summed E-state index contributed by atoms with van der Waals surface area (Å²) in [5.41, 5.74) is 2.03. The molecule has 34 heavy (non-hydrogen) atoms. The monoisotopic (exact) mass is 477 g/mol. The van der Waals surface area contributed by atoms with Crippen molar-refractivity contribution in [1.82, 2.24) is 25.4 Å². The minimum absolute atomic E-state index is 0.0198. The Kier molecular flexibility index (Phi) is 8.41. The molecule has 0 saturated carbocycles. The van der Waals surface area contributed by atoms with Crippen LogP contribution in [0, 0.1) is 0 Å². The molecule has 1 saturated heterocycles. The summed E-state index contributed by atoms with van der Waals surface area (Å²) in [6.07, 6.45) is 1.66. The van der Waals surface area contributed by atoms with Gasteiger partial charge in [0.05, 0.1) is 18.3 Å². The molecule has 2 amide bonds. The molecule has 0 radical (unpaired) electrons. The van der Waals surface area contributed by atoms with Crippen LogP contribution >= 0.6 is 11.3 Å². The zero-order valence-electron chi connectivity index (χ0n) is 19.4. The largest absolute Gasteiger partial charge is 0.343 e. The van der Waals surface area contributed by atoms with Crippen LogP contribution in [0.25, 0.3) is 0 Å². The lowest BCUT2D eigenvalue weighted by Crippen LogP contribution is -2.53. The summed E-state index contributed by atoms with van der Waals surface area (Å²) in [6, 6.07) is 19.9. The van der Waals surface area contributed by atoms with Gasteiger partial charge in [-0.05, 0) is 36.1 Å². The molecule has 8 heteroatoms. The van der Waals surface area contributed by atoms with Crippen LogP contribution in [0.15, 0.2) is 72.2 Å². The van der Waals surface area contributed by atoms with Gasteiger partial charge in [0.1, 0.15) is 0 Å². The third kappa shape index (κ3) is 6.50. The van der Waals surface area contributed by atoms with Gasteiger partial charge >= 0.3 is 11.8 Å². The number of amides is 2. The van der Waals surface area contributed by atoms with E-state index in [4.69, 9.17) is 0 Å². The van der Waals surface area contributed by atoms with Gasteiger partial charge in [-0.15, -0.1) is 11.3 Å². The fourth-order valence-corrected chi connectivity index (χ4v) is 5.31. The summed E-state index contributed by atoms with van der Waals surface area (Å²) in [7, 11) is 0. The number of piperazine rings is 1. The van der Waals surface area contributed by atoms with Crippen LogP contribution in [0.3, 0.4) is 0 Å². The van der Waals surface area contributed by atoms with Crippen LogP contribution in [-0.2, 0) is 22.7 Å². The van der Waals surface area contributed by atoms with Gasteiger partial charge in [0.25, 0.3) is 0 Å². The summed E-state index contributed by atoms with van der Waals surface area (Å²) >= 11 is 1.68. The molecule has 0 unspecified atom stereocenters. The number of thiophene rings is 1. The van der Waals surface area contributed by atoms with Crippen LogP contribution in [0.2, 0.25) is 0 Å². The van der Waals surface area contributed by atoms with E-state index in [0.717, 1.165) is 32.7 Å². The first-order valence-electron chi connectivity index (χ1n) is 11.6. The van der Waals surface area contributed by atoms with Gasteiger partial charge in [-0.25, -0.2) is 0 Å². The Morgan fingerprint density at radius 3 is 2.41 bits per heavy atom. The second-order valence-electron chi connectivity index (χ2n) is 8.52. The molecule has 1 aliphatic heterocycles. The standard InChI is InChI=1S/C26H31N5O2S/c1-20(29-26(33)25(32)28-18-22-10-5-6-12-27-22)24(23-11-7-17-34-23)31-15-13-30(14-16-31)19-21-8-3-2-4-9-21/h2-12,17,20,24H,13-16,18-19H2,1H3,(H,28,32)(H,29,33)/t20-,24+/m0/s1. The van der Waals surface area contributed by atoms with Gasteiger partial charge in [0, 0.05) is 49.8 Å². The van der Waals surface area contributed by atoms with E-state index in [9.17, 15) is 9.59 Å². The minimum Gasteiger partial charge on any atom is -0.343 e. The van der Waals surface area contributed by atoms with Crippen molar-refractivity contribution in [1.29, 1.82) is 0 Å². The highest BCUT2D eigenvalue weighted by atomic mass is 32.1. The maximum atomic E-state index is 12.6. The molecular weight excluding hydrogens is 446 g/mol. The number of nitrogens with one attached hydrogen (secondary N) is 2. The summed E-state index contributed by atoms with van der Waals surface area (Å²) in [5.74, 6) is -1.26. The number of nitrogens with zero attached hydrogens (tertiary/aromatic N) is 3. The van der Waals surface area contributed by atoms with E-state index in [1.165, 1.54) is 10.4 Å². The molecule has 0 aliphatic carbocycles. The lowest BCUT2D eigenvalue weighted by molar-refractivity contribution is -0.140. The summed E-state index contributed by atoms with van der Waals surface area (Å²) in [6.45, 7) is 6.87. The van der Waals surface area contributed by atoms with E-state index < -0.39 is 11.8 Å². The predicted molar refractivity (Wildman–Crippen MR) is 134 cm³/mol. The van der Waals surface area contributed by atoms with Gasteiger partial charge in [-0.3, -0.25) is 24.4 Å². The molecule has 1 aliphatic rings. The van der Waals surface area contributed by atoms with Crippen molar-refractivity contribution in [3.05, 3.63) is 88.4 Å². The fraction of sp³-hybridized carbons (Fsp3) is 0.346. The van der Waals surface area contributed by atoms with Crippen LogP contribution in [-0.4, -0.2) is 58.8 Å². The van der Waals surface area contributed by atoms with Crippen molar-refractivity contribution in [3.8, 4) is 0 Å². The minimum atomic E-state index is -0.643. The first-order valence-corrected chi connectivity index (χ1v) is 12.5. The van der Waals surface area contributed by atoms with Gasteiger partial charge in [-0.1, -0.05) is 42.5 Å². The smallest absolute Gasteiger partial charge is 0.309 e. The Balaban J connectivity index is 1.34. The SMILES string of the molecule is C[C@H](NC(=O)C(=O)NCc1ccccn1)[C@H](c1cccs1)N1CCN(Cc2ccccc2)CC1. The highest BCUT2D eigenvalue weighted by Gasteiger charge is 2.31. The van der Waals surface area contributed by atoms with Crippen molar-refractivity contribution < 1.29 is 9.59 Å². The molecule has 0 spiro atoms. The van der Waals surface area contributed by atoms with Crippen LogP contribution < -0.4 is 10.6 Å². The molecule has 2 aromatic heterocycles. The van der Waals surface area contributed by atoms with Gasteiger partial charge in [0.15, 0.2) is 0 Å². The zero-order chi connectivity index (χ0) is 23.8. The van der Waals surface area contributed by atoms with Crippen molar-refractivity contribution in [2.75, 3.05) is 26.2 Å². The normalized spacial score (nSPS) is 16.5. The number of benzene rings is 1. The van der Waals surface area contributed by atoms with Gasteiger partial charge in [0.2, 0.25) is 0 Å². The Bertz CT molecular complexity index is 1040. The molecule has 0 bridgehead atoms. The Morgan fingerprint density at radius 2 is 1.74 bits per heavy atom. The molecule has 4 rings (SSSR count). The van der Waals surface area contributed by atoms with Crippen molar-refractivity contribution in [2.24, 2.45) is 0 Å². The number of carbonyl (C=O) groups excluding carboxylic acids is 2. The number of aromatic nitrogens is 1. The number of pyridine rings is 1. The molecule has 3 heterocycles. The average molecular weight is 478 g/mol. The van der Waals surface area contributed by atoms with Crippen molar-refractivity contribution in [3.63, 3.8) is 0 Å². The van der Waals surface area contributed by atoms with E-state index >= 15 is 0 Å². The van der Waals surface area contributed by atoms with Crippen molar-refractivity contribution >= 4 is 23.2 Å². The van der Waals surface area contributed by atoms with E-state index in [2.05, 4.69) is 61.1 Å². The van der Waals surface area contributed by atoms with Gasteiger partial charge < -0.3 is 10.6 Å². The number of hydrogen-bond acceptors (Lipinski definition) is 6. The summed E-state index contributed by atoms with van der Waals surface area (Å²) in [4.78, 5) is 35.3. The highest BCUT2D eigenvalue weighted by Crippen LogP contribution is 2.29. The third-order valence-corrected chi connectivity index (χ3v) is 7.02. The fourth-order valence-electron chi connectivity index (χ4n) is 4.35. The molecule has 2 atom stereocenters. The van der Waals surface area contributed by atoms with E-state index in [1.807, 2.05) is 37.3 Å². The van der Waals surface area contributed by atoms with Crippen LogP contribution in [0.1, 0.15) is 29.1 Å². The number of rotatable bonds is 8. The molecule has 2 N–H and O–H groups in total. The molecule has 1 fully saturated rings. The highest BCUT2D eigenvalue weighted by molar-refractivity contribution is 7.10. The van der Waals surface area contributed by atoms with Crippen LogP contribution in [0.5, 0.6) is 0 Å². The average Bonchev–Trinajstić information content (AvgIpc) is 3.39. The van der Waals surface area contributed by atoms with E-state index in [0.29, 0.717) is 5.69 Å². The Hall–Kier alpha value is -3.07.